The number of hydrogen-bond acceptors (Lipinski definition) is 9. The molecule has 1 aliphatic rings. The van der Waals surface area contributed by atoms with E-state index in [1.807, 2.05) is 4.90 Å². The largest absolute Gasteiger partial charge is 0.449 e. The maximum Gasteiger partial charge on any atom is 0.339 e. The first-order valence-electron chi connectivity index (χ1n) is 10.3. The Labute approximate surface area is 188 Å². The van der Waals surface area contributed by atoms with Gasteiger partial charge in [0.2, 0.25) is 5.82 Å². The monoisotopic (exact) mass is 456 g/mol. The molecule has 0 unspecified atom stereocenters. The number of aryl methyl sites for hydroxylation is 1. The molecule has 11 heteroatoms. The number of nitro groups is 1. The lowest BCUT2D eigenvalue weighted by Gasteiger charge is -2.28. The van der Waals surface area contributed by atoms with Crippen molar-refractivity contribution in [2.24, 2.45) is 0 Å². The van der Waals surface area contributed by atoms with Crippen molar-refractivity contribution in [3.05, 3.63) is 69.3 Å². The number of benzene rings is 2. The fourth-order valence-electron chi connectivity index (χ4n) is 3.40. The van der Waals surface area contributed by atoms with Crippen LogP contribution in [0.25, 0.3) is 11.4 Å². The molecule has 1 saturated heterocycles. The number of rotatable bonds is 6. The van der Waals surface area contributed by atoms with Gasteiger partial charge < -0.3 is 18.9 Å². The minimum Gasteiger partial charge on any atom is -0.449 e. The van der Waals surface area contributed by atoms with Gasteiger partial charge in [-0.3, -0.25) is 10.1 Å². The number of aromatic nitrogens is 2. The number of ether oxygens (including phenoxy) is 2. The number of halogens is 1. The Morgan fingerprint density at radius 2 is 2.00 bits per heavy atom. The predicted molar refractivity (Wildman–Crippen MR) is 114 cm³/mol. The van der Waals surface area contributed by atoms with Crippen molar-refractivity contribution in [3.63, 3.8) is 0 Å². The number of morpholine rings is 1. The Balaban J connectivity index is 1.50. The SMILES string of the molecule is Cc1ccc(-c2noc([C@H](C)OC(=O)c3ccc(N4CCOCC4)c([N+](=O)[O-])c3)n2)cc1F. The van der Waals surface area contributed by atoms with Crippen LogP contribution >= 0.6 is 0 Å². The molecule has 0 amide bonds. The fourth-order valence-corrected chi connectivity index (χ4v) is 3.40. The number of carbonyl (C=O) groups excluding carboxylic acids is 1. The molecule has 0 N–H and O–H groups in total. The maximum absolute atomic E-state index is 13.8. The van der Waals surface area contributed by atoms with E-state index in [4.69, 9.17) is 14.0 Å². The third-order valence-corrected chi connectivity index (χ3v) is 5.26. The van der Waals surface area contributed by atoms with Crippen LogP contribution in [0, 0.1) is 22.9 Å². The lowest BCUT2D eigenvalue weighted by atomic mass is 10.1. The van der Waals surface area contributed by atoms with E-state index in [0.717, 1.165) is 0 Å². The van der Waals surface area contributed by atoms with Crippen LogP contribution in [0.5, 0.6) is 0 Å². The van der Waals surface area contributed by atoms with E-state index in [9.17, 15) is 19.3 Å². The molecule has 10 nitrogen and oxygen atoms in total. The van der Waals surface area contributed by atoms with Crippen LogP contribution in [0.15, 0.2) is 40.9 Å². The quantitative estimate of drug-likeness (QED) is 0.309. The van der Waals surface area contributed by atoms with Gasteiger partial charge >= 0.3 is 5.97 Å². The van der Waals surface area contributed by atoms with Gasteiger partial charge in [-0.15, -0.1) is 0 Å². The first-order chi connectivity index (χ1) is 15.8. The van der Waals surface area contributed by atoms with Crippen LogP contribution in [-0.4, -0.2) is 47.3 Å². The second-order valence-electron chi connectivity index (χ2n) is 7.53. The van der Waals surface area contributed by atoms with E-state index in [-0.39, 0.29) is 23.0 Å². The van der Waals surface area contributed by atoms with Gasteiger partial charge in [0.1, 0.15) is 11.5 Å². The van der Waals surface area contributed by atoms with Gasteiger partial charge in [-0.05, 0) is 37.6 Å². The molecular formula is C22H21FN4O6. The molecule has 3 aromatic rings. The maximum atomic E-state index is 13.8. The highest BCUT2D eigenvalue weighted by Gasteiger charge is 2.26. The molecule has 0 radical (unpaired) electrons. The fraction of sp³-hybridized carbons (Fsp3) is 0.318. The number of anilines is 1. The summed E-state index contributed by atoms with van der Waals surface area (Å²) in [6, 6.07) is 8.73. The lowest BCUT2D eigenvalue weighted by molar-refractivity contribution is -0.384. The lowest BCUT2D eigenvalue weighted by Crippen LogP contribution is -2.36. The molecule has 33 heavy (non-hydrogen) atoms. The molecule has 1 aliphatic heterocycles. The highest BCUT2D eigenvalue weighted by Crippen LogP contribution is 2.31. The third-order valence-electron chi connectivity index (χ3n) is 5.26. The predicted octanol–water partition coefficient (Wildman–Crippen LogP) is 3.85. The van der Waals surface area contributed by atoms with Gasteiger partial charge in [-0.1, -0.05) is 17.3 Å². The first kappa shape index (κ1) is 22.3. The number of hydrogen-bond donors (Lipinski definition) is 0. The molecule has 0 saturated carbocycles. The molecule has 0 bridgehead atoms. The van der Waals surface area contributed by atoms with Crippen LogP contribution in [0.2, 0.25) is 0 Å². The number of carbonyl (C=O) groups is 1. The molecule has 4 rings (SSSR count). The Hall–Kier alpha value is -3.86. The summed E-state index contributed by atoms with van der Waals surface area (Å²) >= 11 is 0. The zero-order valence-electron chi connectivity index (χ0n) is 18.0. The van der Waals surface area contributed by atoms with Crippen LogP contribution in [0.3, 0.4) is 0 Å². The second kappa shape index (κ2) is 9.33. The van der Waals surface area contributed by atoms with Crippen molar-refractivity contribution >= 4 is 17.3 Å². The van der Waals surface area contributed by atoms with Crippen molar-refractivity contribution < 1.29 is 28.1 Å². The van der Waals surface area contributed by atoms with E-state index >= 15 is 0 Å². The van der Waals surface area contributed by atoms with Gasteiger partial charge in [-0.25, -0.2) is 9.18 Å². The minimum absolute atomic E-state index is 0.0127. The zero-order valence-corrected chi connectivity index (χ0v) is 18.0. The molecule has 1 fully saturated rings. The first-order valence-corrected chi connectivity index (χ1v) is 10.3. The smallest absolute Gasteiger partial charge is 0.339 e. The van der Waals surface area contributed by atoms with E-state index in [1.54, 1.807) is 19.1 Å². The Bertz CT molecular complexity index is 1190. The summed E-state index contributed by atoms with van der Waals surface area (Å²) in [4.78, 5) is 29.7. The molecule has 2 aromatic carbocycles. The van der Waals surface area contributed by atoms with Crippen LogP contribution < -0.4 is 4.90 Å². The van der Waals surface area contributed by atoms with Gasteiger partial charge in [0.05, 0.1) is 23.7 Å². The summed E-state index contributed by atoms with van der Waals surface area (Å²) in [7, 11) is 0. The highest BCUT2D eigenvalue weighted by atomic mass is 19.1. The van der Waals surface area contributed by atoms with E-state index < -0.39 is 22.8 Å². The molecular weight excluding hydrogens is 435 g/mol. The Kier molecular flexibility index (Phi) is 6.31. The summed E-state index contributed by atoms with van der Waals surface area (Å²) in [5.41, 5.74) is 1.14. The third kappa shape index (κ3) is 4.82. The zero-order chi connectivity index (χ0) is 23.5. The standard InChI is InChI=1S/C22H21FN4O6/c1-13-3-4-15(11-17(13)23)20-24-21(33-25-20)14(2)32-22(28)16-5-6-18(19(12-16)27(29)30)26-7-9-31-10-8-26/h3-6,11-12,14H,7-10H2,1-2H3/t14-/m0/s1. The van der Waals surface area contributed by atoms with Crippen molar-refractivity contribution in [3.8, 4) is 11.4 Å². The molecule has 172 valence electrons. The molecule has 0 aliphatic carbocycles. The summed E-state index contributed by atoms with van der Waals surface area (Å²) in [5.74, 6) is -1.02. The summed E-state index contributed by atoms with van der Waals surface area (Å²) in [6.07, 6.45) is -0.924. The minimum atomic E-state index is -0.924. The van der Waals surface area contributed by atoms with Gasteiger partial charge in [0.15, 0.2) is 6.10 Å². The number of nitrogens with zero attached hydrogens (tertiary/aromatic N) is 4. The molecule has 2 heterocycles. The summed E-state index contributed by atoms with van der Waals surface area (Å²) in [5, 5.41) is 15.4. The molecule has 1 aromatic heterocycles. The van der Waals surface area contributed by atoms with E-state index in [1.165, 1.54) is 31.2 Å². The van der Waals surface area contributed by atoms with Crippen molar-refractivity contribution in [2.75, 3.05) is 31.2 Å². The number of esters is 1. The van der Waals surface area contributed by atoms with Gasteiger partial charge in [0.25, 0.3) is 11.6 Å². The summed E-state index contributed by atoms with van der Waals surface area (Å²) in [6.45, 7) is 5.15. The Morgan fingerprint density at radius 1 is 1.24 bits per heavy atom. The normalized spacial score (nSPS) is 14.7. The average Bonchev–Trinajstić information content (AvgIpc) is 3.31. The average molecular weight is 456 g/mol. The van der Waals surface area contributed by atoms with Gasteiger partial charge in [0, 0.05) is 24.7 Å². The van der Waals surface area contributed by atoms with Crippen molar-refractivity contribution in [2.45, 2.75) is 20.0 Å². The van der Waals surface area contributed by atoms with E-state index in [0.29, 0.717) is 43.1 Å². The van der Waals surface area contributed by atoms with Crippen LogP contribution in [-0.2, 0) is 9.47 Å². The topological polar surface area (TPSA) is 121 Å². The highest BCUT2D eigenvalue weighted by molar-refractivity contribution is 5.91. The van der Waals surface area contributed by atoms with Crippen LogP contribution in [0.1, 0.15) is 34.8 Å². The molecule has 1 atom stereocenters. The second-order valence-corrected chi connectivity index (χ2v) is 7.53. The van der Waals surface area contributed by atoms with E-state index in [2.05, 4.69) is 10.1 Å². The van der Waals surface area contributed by atoms with Crippen LogP contribution in [0.4, 0.5) is 15.8 Å². The van der Waals surface area contributed by atoms with Crippen molar-refractivity contribution in [1.29, 1.82) is 0 Å². The molecule has 0 spiro atoms. The number of nitro benzene ring substituents is 1. The Morgan fingerprint density at radius 3 is 2.70 bits per heavy atom. The summed E-state index contributed by atoms with van der Waals surface area (Å²) < 4.78 is 29.6. The van der Waals surface area contributed by atoms with Gasteiger partial charge in [-0.2, -0.15) is 4.98 Å². The van der Waals surface area contributed by atoms with Crippen molar-refractivity contribution in [1.82, 2.24) is 10.1 Å².